The molecule has 0 unspecified atom stereocenters. The third-order valence-electron chi connectivity index (χ3n) is 5.41. The molecule has 3 atom stereocenters. The van der Waals surface area contributed by atoms with E-state index in [1.807, 2.05) is 35.0 Å². The van der Waals surface area contributed by atoms with E-state index in [9.17, 15) is 14.7 Å². The predicted molar refractivity (Wildman–Crippen MR) is 87.5 cm³/mol. The van der Waals surface area contributed by atoms with Crippen molar-refractivity contribution < 1.29 is 14.7 Å². The molecule has 0 radical (unpaired) electrons. The summed E-state index contributed by atoms with van der Waals surface area (Å²) >= 11 is 0. The number of carboxylic acid groups (broad SMARTS) is 1. The van der Waals surface area contributed by atoms with Crippen LogP contribution in [0.5, 0.6) is 0 Å². The Kier molecular flexibility index (Phi) is 3.75. The van der Waals surface area contributed by atoms with E-state index in [2.05, 4.69) is 4.98 Å². The number of pyridine rings is 1. The normalized spacial score (nSPS) is 26.5. The molecule has 0 bridgehead atoms. The topological polar surface area (TPSA) is 74.9 Å². The molecule has 24 heavy (non-hydrogen) atoms. The number of rotatable bonds is 3. The summed E-state index contributed by atoms with van der Waals surface area (Å²) in [6.45, 7) is 0. The molecule has 1 aliphatic carbocycles. The minimum absolute atomic E-state index is 0.0874. The van der Waals surface area contributed by atoms with Gasteiger partial charge in [-0.2, -0.15) is 0 Å². The standard InChI is InChI=1S/C18H21N3O3/c22-17(10-13-11-20-8-4-3-7-16(20)19-13)21-14-6-2-1-5-12(14)9-15(21)18(23)24/h3-4,7-8,11-12,14-15H,1-2,5-6,9-10H2,(H,23,24)/t12-,14-,15-/m0/s1. The van der Waals surface area contributed by atoms with Crippen molar-refractivity contribution in [3.63, 3.8) is 0 Å². The van der Waals surface area contributed by atoms with Gasteiger partial charge in [-0.1, -0.05) is 18.9 Å². The molecular formula is C18H21N3O3. The summed E-state index contributed by atoms with van der Waals surface area (Å²) in [7, 11) is 0. The Labute approximate surface area is 140 Å². The Morgan fingerprint density at radius 1 is 1.25 bits per heavy atom. The van der Waals surface area contributed by atoms with E-state index in [1.54, 1.807) is 4.90 Å². The number of nitrogens with zero attached hydrogens (tertiary/aromatic N) is 3. The van der Waals surface area contributed by atoms with Crippen molar-refractivity contribution in [1.82, 2.24) is 14.3 Å². The highest BCUT2D eigenvalue weighted by molar-refractivity contribution is 5.86. The largest absolute Gasteiger partial charge is 0.480 e. The van der Waals surface area contributed by atoms with E-state index in [1.165, 1.54) is 0 Å². The van der Waals surface area contributed by atoms with Crippen LogP contribution in [-0.4, -0.2) is 43.4 Å². The Morgan fingerprint density at radius 2 is 2.08 bits per heavy atom. The van der Waals surface area contributed by atoms with Gasteiger partial charge in [-0.05, 0) is 37.3 Å². The zero-order valence-electron chi connectivity index (χ0n) is 13.5. The minimum Gasteiger partial charge on any atom is -0.480 e. The summed E-state index contributed by atoms with van der Waals surface area (Å²) in [5, 5.41) is 9.55. The van der Waals surface area contributed by atoms with Crippen molar-refractivity contribution in [3.8, 4) is 0 Å². The maximum Gasteiger partial charge on any atom is 0.326 e. The van der Waals surface area contributed by atoms with E-state index in [4.69, 9.17) is 0 Å². The second kappa shape index (κ2) is 5.92. The molecule has 0 spiro atoms. The number of imidazole rings is 1. The van der Waals surface area contributed by atoms with Gasteiger partial charge >= 0.3 is 5.97 Å². The van der Waals surface area contributed by atoms with Gasteiger partial charge in [0.15, 0.2) is 0 Å². The molecule has 0 aromatic carbocycles. The zero-order chi connectivity index (χ0) is 16.7. The predicted octanol–water partition coefficient (Wildman–Crippen LogP) is 2.12. The van der Waals surface area contributed by atoms with Crippen LogP contribution in [0.2, 0.25) is 0 Å². The Morgan fingerprint density at radius 3 is 2.88 bits per heavy atom. The van der Waals surface area contributed by atoms with E-state index >= 15 is 0 Å². The number of hydrogen-bond acceptors (Lipinski definition) is 3. The van der Waals surface area contributed by atoms with Crippen LogP contribution in [0.25, 0.3) is 5.65 Å². The first-order chi connectivity index (χ1) is 11.6. The molecule has 2 fully saturated rings. The van der Waals surface area contributed by atoms with Crippen molar-refractivity contribution in [1.29, 1.82) is 0 Å². The van der Waals surface area contributed by atoms with E-state index in [0.717, 1.165) is 31.3 Å². The lowest BCUT2D eigenvalue weighted by Crippen LogP contribution is -2.46. The molecule has 6 nitrogen and oxygen atoms in total. The van der Waals surface area contributed by atoms with Gasteiger partial charge < -0.3 is 14.4 Å². The number of aromatic nitrogens is 2. The monoisotopic (exact) mass is 327 g/mol. The smallest absolute Gasteiger partial charge is 0.326 e. The highest BCUT2D eigenvalue weighted by atomic mass is 16.4. The highest BCUT2D eigenvalue weighted by Gasteiger charge is 2.47. The molecular weight excluding hydrogens is 306 g/mol. The number of aliphatic carboxylic acids is 1. The molecule has 6 heteroatoms. The van der Waals surface area contributed by atoms with Gasteiger partial charge in [-0.25, -0.2) is 9.78 Å². The summed E-state index contributed by atoms with van der Waals surface area (Å²) < 4.78 is 1.88. The lowest BCUT2D eigenvalue weighted by atomic mass is 9.84. The van der Waals surface area contributed by atoms with Crippen LogP contribution in [0.3, 0.4) is 0 Å². The van der Waals surface area contributed by atoms with Gasteiger partial charge in [-0.3, -0.25) is 4.79 Å². The molecule has 4 rings (SSSR count). The van der Waals surface area contributed by atoms with Crippen molar-refractivity contribution in [2.24, 2.45) is 5.92 Å². The number of fused-ring (bicyclic) bond motifs is 2. The molecule has 2 aromatic rings. The maximum atomic E-state index is 12.9. The number of likely N-dealkylation sites (tertiary alicyclic amines) is 1. The Balaban J connectivity index is 1.58. The second-order valence-electron chi connectivity index (χ2n) is 6.88. The minimum atomic E-state index is -0.882. The number of carbonyl (C=O) groups is 2. The third-order valence-corrected chi connectivity index (χ3v) is 5.41. The summed E-state index contributed by atoms with van der Waals surface area (Å²) in [5.74, 6) is -0.655. The number of carbonyl (C=O) groups excluding carboxylic acids is 1. The summed E-state index contributed by atoms with van der Waals surface area (Å²) in [6.07, 6.45) is 8.66. The average Bonchev–Trinajstić information content (AvgIpc) is 3.15. The molecule has 3 heterocycles. The average molecular weight is 327 g/mol. The Hall–Kier alpha value is -2.37. The van der Waals surface area contributed by atoms with Crippen LogP contribution in [0, 0.1) is 5.92 Å². The van der Waals surface area contributed by atoms with Crippen LogP contribution >= 0.6 is 0 Å². The van der Waals surface area contributed by atoms with Gasteiger partial charge in [0.1, 0.15) is 11.7 Å². The third kappa shape index (κ3) is 2.56. The number of amides is 1. The number of hydrogen-bond donors (Lipinski definition) is 1. The van der Waals surface area contributed by atoms with Gasteiger partial charge in [-0.15, -0.1) is 0 Å². The van der Waals surface area contributed by atoms with Gasteiger partial charge in [0, 0.05) is 18.4 Å². The summed E-state index contributed by atoms with van der Waals surface area (Å²) in [5.41, 5.74) is 1.49. The lowest BCUT2D eigenvalue weighted by Gasteiger charge is -2.32. The van der Waals surface area contributed by atoms with Crippen LogP contribution in [-0.2, 0) is 16.0 Å². The molecule has 1 saturated carbocycles. The maximum absolute atomic E-state index is 12.9. The van der Waals surface area contributed by atoms with Crippen molar-refractivity contribution in [2.75, 3.05) is 0 Å². The summed E-state index contributed by atoms with van der Waals surface area (Å²) in [6, 6.07) is 5.11. The van der Waals surface area contributed by atoms with E-state index in [0.29, 0.717) is 18.0 Å². The van der Waals surface area contributed by atoms with Crippen molar-refractivity contribution in [3.05, 3.63) is 36.3 Å². The molecule has 2 aliphatic rings. The van der Waals surface area contributed by atoms with Crippen molar-refractivity contribution in [2.45, 2.75) is 50.6 Å². The molecule has 1 aliphatic heterocycles. The fraction of sp³-hybridized carbons (Fsp3) is 0.500. The van der Waals surface area contributed by atoms with Gasteiger partial charge in [0.25, 0.3) is 0 Å². The lowest BCUT2D eigenvalue weighted by molar-refractivity contribution is -0.149. The van der Waals surface area contributed by atoms with Gasteiger partial charge in [0.2, 0.25) is 5.91 Å². The van der Waals surface area contributed by atoms with Crippen LogP contribution in [0.1, 0.15) is 37.8 Å². The SMILES string of the molecule is O=C(O)[C@@H]1C[C@@H]2CCCC[C@@H]2N1C(=O)Cc1cn2ccccc2n1. The molecule has 1 N–H and O–H groups in total. The molecule has 126 valence electrons. The number of carboxylic acids is 1. The van der Waals surface area contributed by atoms with Gasteiger partial charge in [0.05, 0.1) is 12.1 Å². The Bertz CT molecular complexity index is 752. The van der Waals surface area contributed by atoms with Crippen LogP contribution in [0.15, 0.2) is 30.6 Å². The first kappa shape index (κ1) is 15.2. The molecule has 1 saturated heterocycles. The fourth-order valence-corrected chi connectivity index (χ4v) is 4.36. The fourth-order valence-electron chi connectivity index (χ4n) is 4.36. The van der Waals surface area contributed by atoms with Crippen molar-refractivity contribution >= 4 is 17.5 Å². The van der Waals surface area contributed by atoms with E-state index < -0.39 is 12.0 Å². The molecule has 2 aromatic heterocycles. The molecule has 1 amide bonds. The highest BCUT2D eigenvalue weighted by Crippen LogP contribution is 2.40. The van der Waals surface area contributed by atoms with E-state index in [-0.39, 0.29) is 18.4 Å². The first-order valence-corrected chi connectivity index (χ1v) is 8.60. The summed E-state index contributed by atoms with van der Waals surface area (Å²) in [4.78, 5) is 30.6. The van der Waals surface area contributed by atoms with Crippen LogP contribution in [0.4, 0.5) is 0 Å². The quantitative estimate of drug-likeness (QED) is 0.937. The first-order valence-electron chi connectivity index (χ1n) is 8.60. The van der Waals surface area contributed by atoms with Crippen LogP contribution < -0.4 is 0 Å². The second-order valence-corrected chi connectivity index (χ2v) is 6.88. The zero-order valence-corrected chi connectivity index (χ0v) is 13.5.